The first-order valence-electron chi connectivity index (χ1n) is 16.6. The molecule has 0 aliphatic rings. The third kappa shape index (κ3) is 5.64. The number of aromatic hydroxyl groups is 2. The number of carbonyl (C=O) groups excluding carboxylic acids is 2. The zero-order valence-electron chi connectivity index (χ0n) is 27.7. The summed E-state index contributed by atoms with van der Waals surface area (Å²) in [4.78, 5) is 29.4. The third-order valence-electron chi connectivity index (χ3n) is 9.42. The minimum absolute atomic E-state index is 0.0962. The second-order valence-corrected chi connectivity index (χ2v) is 12.6. The molecule has 0 atom stereocenters. The zero-order valence-corrected chi connectivity index (χ0v) is 27.7. The number of phenols is 2. The first-order chi connectivity index (χ1) is 25.3. The summed E-state index contributed by atoms with van der Waals surface area (Å²) in [7, 11) is 0. The van der Waals surface area contributed by atoms with Crippen LogP contribution in [0.5, 0.6) is 11.5 Å². The average molecular weight is 681 g/mol. The van der Waals surface area contributed by atoms with Gasteiger partial charge in [-0.05, 0) is 57.9 Å². The molecule has 8 aromatic carbocycles. The van der Waals surface area contributed by atoms with Gasteiger partial charge in [0.05, 0.1) is 22.2 Å². The van der Waals surface area contributed by atoms with Gasteiger partial charge in [0.1, 0.15) is 11.5 Å². The highest BCUT2D eigenvalue weighted by atomic mass is 16.3. The normalized spacial score (nSPS) is 11.2. The van der Waals surface area contributed by atoms with Crippen molar-refractivity contribution in [2.24, 2.45) is 11.5 Å². The van der Waals surface area contributed by atoms with Crippen LogP contribution in [-0.2, 0) is 0 Å². The Labute approximate surface area is 296 Å². The molecule has 2 heterocycles. The van der Waals surface area contributed by atoms with E-state index in [1.54, 1.807) is 24.3 Å². The Balaban J connectivity index is 0.000000119. The average Bonchev–Trinajstić information content (AvgIpc) is 3.74. The van der Waals surface area contributed by atoms with Crippen LogP contribution in [0.1, 0.15) is 20.7 Å². The summed E-state index contributed by atoms with van der Waals surface area (Å²) in [6.45, 7) is 0. The van der Waals surface area contributed by atoms with Crippen molar-refractivity contribution in [3.63, 3.8) is 0 Å². The maximum Gasteiger partial charge on any atom is 0.252 e. The number of para-hydroxylation sites is 2. The van der Waals surface area contributed by atoms with Gasteiger partial charge in [-0.15, -0.1) is 0 Å². The molecule has 0 spiro atoms. The van der Waals surface area contributed by atoms with Crippen molar-refractivity contribution in [1.82, 2.24) is 9.97 Å². The van der Waals surface area contributed by atoms with Gasteiger partial charge < -0.3 is 31.6 Å². The van der Waals surface area contributed by atoms with Crippen LogP contribution in [0.15, 0.2) is 146 Å². The van der Waals surface area contributed by atoms with Crippen molar-refractivity contribution in [2.75, 3.05) is 0 Å². The van der Waals surface area contributed by atoms with Gasteiger partial charge in [-0.25, -0.2) is 0 Å². The number of carbonyl (C=O) groups is 2. The molecule has 52 heavy (non-hydrogen) atoms. The van der Waals surface area contributed by atoms with E-state index in [4.69, 9.17) is 11.5 Å². The number of hydrogen-bond donors (Lipinski definition) is 6. The van der Waals surface area contributed by atoms with Gasteiger partial charge >= 0.3 is 0 Å². The molecule has 8 nitrogen and oxygen atoms in total. The summed E-state index contributed by atoms with van der Waals surface area (Å²) >= 11 is 0. The van der Waals surface area contributed by atoms with E-state index in [2.05, 4.69) is 70.6 Å². The first kappa shape index (κ1) is 31.9. The van der Waals surface area contributed by atoms with Crippen LogP contribution < -0.4 is 11.5 Å². The predicted molar refractivity (Wildman–Crippen MR) is 211 cm³/mol. The molecule has 2 amide bonds. The Hall–Kier alpha value is -7.32. The van der Waals surface area contributed by atoms with Gasteiger partial charge in [0.2, 0.25) is 0 Å². The maximum atomic E-state index is 11.3. The quantitative estimate of drug-likeness (QED) is 0.107. The Kier molecular flexibility index (Phi) is 7.89. The number of fused-ring (bicyclic) bond motifs is 11. The number of amides is 2. The molecule has 10 aromatic rings. The fourth-order valence-electron chi connectivity index (χ4n) is 6.89. The summed E-state index contributed by atoms with van der Waals surface area (Å²) < 4.78 is 0. The summed E-state index contributed by atoms with van der Waals surface area (Å²) in [6.07, 6.45) is 0. The number of H-pyrrole nitrogens is 2. The SMILES string of the molecule is NC(=O)c1cc2ccc3c4ccccc4[nH]c3c2cc1O.NC(=O)c1cc2ccc3c4ccccc4[nH]c3c2cc1O.c1ccc2ccccc2c1. The maximum absolute atomic E-state index is 11.3. The van der Waals surface area contributed by atoms with Crippen LogP contribution >= 0.6 is 0 Å². The van der Waals surface area contributed by atoms with Crippen LogP contribution in [0.3, 0.4) is 0 Å². The smallest absolute Gasteiger partial charge is 0.252 e. The minimum Gasteiger partial charge on any atom is -0.507 e. The molecular formula is C44H32N4O4. The van der Waals surface area contributed by atoms with Gasteiger partial charge in [0.25, 0.3) is 11.8 Å². The Morgan fingerprint density at radius 3 is 1.15 bits per heavy atom. The molecule has 0 saturated carbocycles. The molecule has 0 radical (unpaired) electrons. The van der Waals surface area contributed by atoms with Crippen molar-refractivity contribution in [1.29, 1.82) is 0 Å². The Morgan fingerprint density at radius 1 is 0.404 bits per heavy atom. The minimum atomic E-state index is -0.633. The van der Waals surface area contributed by atoms with Crippen molar-refractivity contribution >= 4 is 87.7 Å². The van der Waals surface area contributed by atoms with Crippen molar-refractivity contribution in [3.8, 4) is 11.5 Å². The predicted octanol–water partition coefficient (Wildman–Crippen LogP) is 9.40. The standard InChI is InChI=1S/2C17H12N2O2.C10H8/c2*18-17(21)13-7-9-5-6-11-10-3-1-2-4-14(10)19-16(11)12(9)8-15(13)20;1-2-6-10-8-4-3-7-9(10)5-1/h2*1-8,19-20H,(H2,18,21);1-8H. The number of nitrogens with two attached hydrogens (primary N) is 2. The highest BCUT2D eigenvalue weighted by Gasteiger charge is 2.14. The molecule has 0 saturated heterocycles. The van der Waals surface area contributed by atoms with Crippen LogP contribution in [0.25, 0.3) is 75.9 Å². The lowest BCUT2D eigenvalue weighted by atomic mass is 10.0. The van der Waals surface area contributed by atoms with Crippen LogP contribution in [0.4, 0.5) is 0 Å². The van der Waals surface area contributed by atoms with E-state index in [1.807, 2.05) is 60.7 Å². The van der Waals surface area contributed by atoms with Crippen LogP contribution in [0, 0.1) is 0 Å². The monoisotopic (exact) mass is 680 g/mol. The van der Waals surface area contributed by atoms with E-state index in [0.29, 0.717) is 0 Å². The summed E-state index contributed by atoms with van der Waals surface area (Å²) in [6, 6.07) is 47.1. The molecule has 0 bridgehead atoms. The largest absolute Gasteiger partial charge is 0.507 e. The van der Waals surface area contributed by atoms with E-state index in [1.165, 1.54) is 10.8 Å². The lowest BCUT2D eigenvalue weighted by molar-refractivity contribution is 0.0989. The molecule has 252 valence electrons. The van der Waals surface area contributed by atoms with E-state index < -0.39 is 11.8 Å². The number of nitrogens with one attached hydrogen (secondary N) is 2. The van der Waals surface area contributed by atoms with Crippen molar-refractivity contribution in [3.05, 3.63) is 157 Å². The number of aromatic nitrogens is 2. The van der Waals surface area contributed by atoms with E-state index >= 15 is 0 Å². The molecule has 0 aliphatic carbocycles. The summed E-state index contributed by atoms with van der Waals surface area (Å²) in [5.41, 5.74) is 14.8. The molecule has 2 aromatic heterocycles. The zero-order chi connectivity index (χ0) is 35.9. The number of primary amides is 2. The second-order valence-electron chi connectivity index (χ2n) is 12.6. The highest BCUT2D eigenvalue weighted by molar-refractivity contribution is 6.19. The van der Waals surface area contributed by atoms with E-state index in [-0.39, 0.29) is 22.6 Å². The Morgan fingerprint density at radius 2 is 0.769 bits per heavy atom. The fourth-order valence-corrected chi connectivity index (χ4v) is 6.89. The highest BCUT2D eigenvalue weighted by Crippen LogP contribution is 2.35. The molecule has 10 rings (SSSR count). The van der Waals surface area contributed by atoms with Crippen LogP contribution in [0.2, 0.25) is 0 Å². The summed E-state index contributed by atoms with van der Waals surface area (Å²) in [5, 5.41) is 30.5. The molecule has 8 N–H and O–H groups in total. The lowest BCUT2D eigenvalue weighted by Gasteiger charge is -2.05. The number of aromatic amines is 2. The first-order valence-corrected chi connectivity index (χ1v) is 16.6. The lowest BCUT2D eigenvalue weighted by Crippen LogP contribution is -2.10. The fraction of sp³-hybridized carbons (Fsp3) is 0. The topological polar surface area (TPSA) is 158 Å². The number of benzene rings is 8. The third-order valence-corrected chi connectivity index (χ3v) is 9.42. The Bertz CT molecular complexity index is 2780. The van der Waals surface area contributed by atoms with Gasteiger partial charge in [-0.3, -0.25) is 9.59 Å². The molecule has 0 fully saturated rings. The van der Waals surface area contributed by atoms with Gasteiger partial charge in [-0.1, -0.05) is 109 Å². The van der Waals surface area contributed by atoms with E-state index in [9.17, 15) is 19.8 Å². The van der Waals surface area contributed by atoms with Crippen molar-refractivity contribution in [2.45, 2.75) is 0 Å². The number of hydrogen-bond acceptors (Lipinski definition) is 4. The van der Waals surface area contributed by atoms with Gasteiger partial charge in [-0.2, -0.15) is 0 Å². The molecular weight excluding hydrogens is 649 g/mol. The van der Waals surface area contributed by atoms with E-state index in [0.717, 1.165) is 65.2 Å². The molecule has 0 aliphatic heterocycles. The van der Waals surface area contributed by atoms with Gasteiger partial charge in [0.15, 0.2) is 0 Å². The molecule has 8 heteroatoms. The summed E-state index contributed by atoms with van der Waals surface area (Å²) in [5.74, 6) is -1.46. The molecule has 0 unspecified atom stereocenters. The van der Waals surface area contributed by atoms with Crippen LogP contribution in [-0.4, -0.2) is 32.0 Å². The second kappa shape index (κ2) is 12.9. The van der Waals surface area contributed by atoms with Gasteiger partial charge in [0, 0.05) is 43.4 Å². The van der Waals surface area contributed by atoms with Crippen molar-refractivity contribution < 1.29 is 19.8 Å². The number of rotatable bonds is 2.